The third-order valence-corrected chi connectivity index (χ3v) is 9.36. The lowest BCUT2D eigenvalue weighted by molar-refractivity contribution is 0.0951. The highest BCUT2D eigenvalue weighted by molar-refractivity contribution is 6.15. The summed E-state index contributed by atoms with van der Waals surface area (Å²) in [6.45, 7) is 6.30. The molecule has 3 N–H and O–H groups in total. The van der Waals surface area contributed by atoms with E-state index in [9.17, 15) is 14.4 Å². The first-order chi connectivity index (χ1) is 23.1. The average Bonchev–Trinajstić information content (AvgIpc) is 3.85. The predicted octanol–water partition coefficient (Wildman–Crippen LogP) is 5.82. The Kier molecular flexibility index (Phi) is 7.77. The van der Waals surface area contributed by atoms with Gasteiger partial charge in [0.15, 0.2) is 0 Å². The number of fused-ring (bicyclic) bond motifs is 4. The maximum atomic E-state index is 15.5. The minimum Gasteiger partial charge on any atom is -0.453 e. The molecule has 0 unspecified atom stereocenters. The van der Waals surface area contributed by atoms with Gasteiger partial charge in [-0.2, -0.15) is 5.10 Å². The van der Waals surface area contributed by atoms with Gasteiger partial charge in [-0.15, -0.1) is 0 Å². The average molecular weight is 653 g/mol. The fourth-order valence-corrected chi connectivity index (χ4v) is 7.10. The van der Waals surface area contributed by atoms with E-state index in [1.165, 1.54) is 19.2 Å². The minimum absolute atomic E-state index is 0.0467. The number of imidazole rings is 1. The molecule has 4 heterocycles. The lowest BCUT2D eigenvalue weighted by atomic mass is 9.96. The van der Waals surface area contributed by atoms with Crippen LogP contribution in [0.15, 0.2) is 53.6 Å². The van der Waals surface area contributed by atoms with Crippen molar-refractivity contribution in [3.63, 3.8) is 0 Å². The van der Waals surface area contributed by atoms with Gasteiger partial charge in [-0.05, 0) is 69.9 Å². The zero-order valence-corrected chi connectivity index (χ0v) is 27.4. The second-order valence-corrected chi connectivity index (χ2v) is 12.6. The van der Waals surface area contributed by atoms with Crippen LogP contribution in [-0.2, 0) is 11.8 Å². The summed E-state index contributed by atoms with van der Waals surface area (Å²) in [5.41, 5.74) is 5.30. The van der Waals surface area contributed by atoms with E-state index < -0.39 is 17.8 Å². The molecule has 248 valence electrons. The van der Waals surface area contributed by atoms with Crippen LogP contribution in [0.3, 0.4) is 0 Å². The van der Waals surface area contributed by atoms with Gasteiger partial charge in [-0.25, -0.2) is 19.0 Å². The number of aromatic nitrogens is 6. The van der Waals surface area contributed by atoms with Crippen molar-refractivity contribution in [3.8, 4) is 22.4 Å². The molecule has 0 saturated heterocycles. The smallest absolute Gasteiger partial charge is 0.407 e. The van der Waals surface area contributed by atoms with E-state index in [-0.39, 0.29) is 29.4 Å². The van der Waals surface area contributed by atoms with E-state index in [4.69, 9.17) is 9.72 Å². The molecule has 1 fully saturated rings. The van der Waals surface area contributed by atoms with Crippen LogP contribution >= 0.6 is 0 Å². The number of ether oxygens (including phenoxy) is 1. The van der Waals surface area contributed by atoms with Crippen molar-refractivity contribution in [1.29, 1.82) is 0 Å². The lowest BCUT2D eigenvalue weighted by Crippen LogP contribution is -2.33. The van der Waals surface area contributed by atoms with Crippen molar-refractivity contribution in [2.45, 2.75) is 58.2 Å². The molecule has 0 radical (unpaired) electrons. The Morgan fingerprint density at radius 2 is 1.90 bits per heavy atom. The highest BCUT2D eigenvalue weighted by Gasteiger charge is 2.32. The highest BCUT2D eigenvalue weighted by Crippen LogP contribution is 2.43. The van der Waals surface area contributed by atoms with Gasteiger partial charge >= 0.3 is 11.8 Å². The molecule has 2 atom stereocenters. The van der Waals surface area contributed by atoms with Gasteiger partial charge < -0.3 is 20.4 Å². The van der Waals surface area contributed by atoms with Gasteiger partial charge in [0.25, 0.3) is 5.91 Å². The molecule has 4 aromatic heterocycles. The molecule has 0 aliphatic heterocycles. The van der Waals surface area contributed by atoms with Crippen molar-refractivity contribution in [3.05, 3.63) is 70.7 Å². The number of nitrogens with one attached hydrogen (secondary N) is 3. The highest BCUT2D eigenvalue weighted by atomic mass is 19.1. The molecule has 13 heteroatoms. The van der Waals surface area contributed by atoms with Crippen LogP contribution in [0, 0.1) is 5.82 Å². The van der Waals surface area contributed by atoms with Crippen molar-refractivity contribution in [2.75, 3.05) is 13.7 Å². The van der Waals surface area contributed by atoms with Crippen LogP contribution in [0.2, 0.25) is 0 Å². The summed E-state index contributed by atoms with van der Waals surface area (Å²) in [6, 6.07) is 10.4. The molecular weight excluding hydrogens is 615 g/mol. The monoisotopic (exact) mass is 652 g/mol. The van der Waals surface area contributed by atoms with Gasteiger partial charge in [-0.1, -0.05) is 12.1 Å². The quantitative estimate of drug-likeness (QED) is 0.199. The first-order valence-corrected chi connectivity index (χ1v) is 16.1. The van der Waals surface area contributed by atoms with Crippen LogP contribution in [0.4, 0.5) is 9.18 Å². The van der Waals surface area contributed by atoms with Crippen LogP contribution in [0.1, 0.15) is 62.5 Å². The van der Waals surface area contributed by atoms with E-state index >= 15 is 4.39 Å². The van der Waals surface area contributed by atoms with Crippen LogP contribution in [0.25, 0.3) is 55.4 Å². The topological polar surface area (TPSA) is 141 Å². The Morgan fingerprint density at radius 3 is 2.62 bits per heavy atom. The largest absolute Gasteiger partial charge is 0.453 e. The molecule has 12 nitrogen and oxygen atoms in total. The first-order valence-electron chi connectivity index (χ1n) is 16.1. The Labute approximate surface area is 274 Å². The number of carbonyl (C=O) groups is 2. The summed E-state index contributed by atoms with van der Waals surface area (Å²) in [5, 5.41) is 11.8. The fraction of sp³-hybridized carbons (Fsp3) is 0.343. The molecular formula is C35H37FN8O4. The summed E-state index contributed by atoms with van der Waals surface area (Å²) in [7, 11) is 3.05. The number of amides is 2. The molecule has 1 aliphatic carbocycles. The Bertz CT molecular complexity index is 2300. The van der Waals surface area contributed by atoms with Crippen LogP contribution in [-0.4, -0.2) is 60.6 Å². The number of nitrogens with zero attached hydrogens (tertiary/aromatic N) is 5. The summed E-state index contributed by atoms with van der Waals surface area (Å²) < 4.78 is 25.7. The molecule has 2 amide bonds. The summed E-state index contributed by atoms with van der Waals surface area (Å²) in [4.78, 5) is 46.6. The van der Waals surface area contributed by atoms with Crippen molar-refractivity contribution in [1.82, 2.24) is 39.5 Å². The number of benzene rings is 2. The molecule has 48 heavy (non-hydrogen) atoms. The molecule has 6 aromatic rings. The zero-order valence-electron chi connectivity index (χ0n) is 27.4. The number of rotatable bonds is 7. The SMILES string of the molecule is CCNC(=O)c1ccc(-c2[nH]c3ncc4c(c3c2-c2ccc3c(cnn3C(C)C)c2)n([C@@H]2CC[C@@H](NC(=O)OC)C2)c(=O)n4C)cc1F. The summed E-state index contributed by atoms with van der Waals surface area (Å²) >= 11 is 0. The number of carbonyl (C=O) groups excluding carboxylic acids is 2. The second-order valence-electron chi connectivity index (χ2n) is 12.6. The number of aromatic amines is 1. The summed E-state index contributed by atoms with van der Waals surface area (Å²) in [5.74, 6) is -1.14. The van der Waals surface area contributed by atoms with Crippen molar-refractivity contribution < 1.29 is 18.7 Å². The predicted molar refractivity (Wildman–Crippen MR) is 182 cm³/mol. The number of halogens is 1. The van der Waals surface area contributed by atoms with Gasteiger partial charge in [-0.3, -0.25) is 18.6 Å². The maximum absolute atomic E-state index is 15.5. The number of methoxy groups -OCH3 is 1. The molecule has 7 rings (SSSR count). The van der Waals surface area contributed by atoms with E-state index in [2.05, 4.69) is 34.6 Å². The van der Waals surface area contributed by atoms with Crippen LogP contribution < -0.4 is 16.3 Å². The van der Waals surface area contributed by atoms with E-state index in [0.717, 1.165) is 22.0 Å². The number of alkyl carbamates (subject to hydrolysis) is 1. The second kappa shape index (κ2) is 12.0. The van der Waals surface area contributed by atoms with E-state index in [1.807, 2.05) is 33.6 Å². The fourth-order valence-electron chi connectivity index (χ4n) is 7.10. The molecule has 2 aromatic carbocycles. The Morgan fingerprint density at radius 1 is 1.10 bits per heavy atom. The van der Waals surface area contributed by atoms with Gasteiger partial charge in [0.1, 0.15) is 11.5 Å². The number of hydrogen-bond acceptors (Lipinski definition) is 6. The third kappa shape index (κ3) is 5.00. The molecule has 0 bridgehead atoms. The van der Waals surface area contributed by atoms with Gasteiger partial charge in [0.05, 0.1) is 52.7 Å². The Hall–Kier alpha value is -5.46. The maximum Gasteiger partial charge on any atom is 0.407 e. The number of aryl methyl sites for hydroxylation is 1. The number of hydrogen-bond donors (Lipinski definition) is 3. The van der Waals surface area contributed by atoms with E-state index in [1.54, 1.807) is 30.8 Å². The zero-order chi connectivity index (χ0) is 33.9. The van der Waals surface area contributed by atoms with Gasteiger partial charge in [0, 0.05) is 48.2 Å². The number of pyridine rings is 1. The van der Waals surface area contributed by atoms with Crippen molar-refractivity contribution in [2.24, 2.45) is 7.05 Å². The molecule has 1 saturated carbocycles. The lowest BCUT2D eigenvalue weighted by Gasteiger charge is -2.15. The molecule has 1 aliphatic rings. The first kappa shape index (κ1) is 31.2. The molecule has 0 spiro atoms. The third-order valence-electron chi connectivity index (χ3n) is 9.36. The Balaban J connectivity index is 1.49. The minimum atomic E-state index is -0.651. The van der Waals surface area contributed by atoms with Gasteiger partial charge in [0.2, 0.25) is 0 Å². The normalized spacial score (nSPS) is 16.4. The van der Waals surface area contributed by atoms with Crippen LogP contribution in [0.5, 0.6) is 0 Å². The standard InChI is InChI=1S/C35H37FN8O4/c1-6-37-33(45)24-11-7-20(14-25(24)36)30-28(19-8-12-26-21(13-19)16-39-44(26)18(2)3)29-31-27(17-38-32(29)41-30)42(4)35(47)43(31)23-10-9-22(15-23)40-34(46)48-5/h7-8,11-14,16-18,22-23H,6,9-10,15H2,1-5H3,(H,37,45)(H,38,41)(H,40,46)/t22-,23-/m1/s1. The van der Waals surface area contributed by atoms with Crippen molar-refractivity contribution >= 4 is 45.0 Å². The summed E-state index contributed by atoms with van der Waals surface area (Å²) in [6.07, 6.45) is 4.92. The number of H-pyrrole nitrogens is 1. The van der Waals surface area contributed by atoms with E-state index in [0.29, 0.717) is 59.1 Å².